The second-order valence-corrected chi connectivity index (χ2v) is 5.97. The van der Waals surface area contributed by atoms with Crippen LogP contribution in [0.15, 0.2) is 0 Å². The van der Waals surface area contributed by atoms with Crippen LogP contribution in [0.3, 0.4) is 0 Å². The van der Waals surface area contributed by atoms with E-state index in [1.807, 2.05) is 0 Å². The van der Waals surface area contributed by atoms with E-state index in [2.05, 4.69) is 20.8 Å². The van der Waals surface area contributed by atoms with Crippen molar-refractivity contribution in [3.8, 4) is 0 Å². The Morgan fingerprint density at radius 3 is 2.50 bits per heavy atom. The number of rotatable bonds is 2. The molecule has 0 aliphatic heterocycles. The molecular formula is C13H20O3. The Bertz CT molecular complexity index is 345. The summed E-state index contributed by atoms with van der Waals surface area (Å²) in [6.07, 6.45) is 2.07. The molecule has 0 aromatic rings. The van der Waals surface area contributed by atoms with Gasteiger partial charge in [-0.25, -0.2) is 0 Å². The molecule has 90 valence electrons. The predicted molar refractivity (Wildman–Crippen MR) is 59.7 cm³/mol. The lowest BCUT2D eigenvalue weighted by atomic mass is 9.70. The van der Waals surface area contributed by atoms with Gasteiger partial charge in [-0.3, -0.25) is 9.59 Å². The van der Waals surface area contributed by atoms with Crippen molar-refractivity contribution in [1.82, 2.24) is 0 Å². The lowest BCUT2D eigenvalue weighted by Gasteiger charge is -2.32. The molecule has 0 aromatic heterocycles. The molecule has 3 atom stereocenters. The molecule has 3 nitrogen and oxygen atoms in total. The summed E-state index contributed by atoms with van der Waals surface area (Å²) >= 11 is 0. The first kappa shape index (κ1) is 11.6. The van der Waals surface area contributed by atoms with E-state index in [0.717, 1.165) is 12.8 Å². The number of Topliss-reactive ketones (excluding diaryl/α,β-unsaturated/α-hetero) is 1. The van der Waals surface area contributed by atoms with Gasteiger partial charge in [0.2, 0.25) is 0 Å². The van der Waals surface area contributed by atoms with Gasteiger partial charge in [0.25, 0.3) is 0 Å². The third kappa shape index (κ3) is 1.26. The van der Waals surface area contributed by atoms with E-state index in [9.17, 15) is 9.59 Å². The largest absolute Gasteiger partial charge is 0.465 e. The highest BCUT2D eigenvalue weighted by Crippen LogP contribution is 2.65. The maximum Gasteiger partial charge on any atom is 0.302 e. The van der Waals surface area contributed by atoms with Crippen molar-refractivity contribution in [1.29, 1.82) is 0 Å². The molecule has 0 spiro atoms. The van der Waals surface area contributed by atoms with E-state index >= 15 is 0 Å². The minimum Gasteiger partial charge on any atom is -0.465 e. The van der Waals surface area contributed by atoms with Crippen LogP contribution in [-0.2, 0) is 14.3 Å². The number of fused-ring (bicyclic) bond motifs is 2. The van der Waals surface area contributed by atoms with Gasteiger partial charge in [0.1, 0.15) is 12.4 Å². The van der Waals surface area contributed by atoms with E-state index < -0.39 is 0 Å². The highest BCUT2D eigenvalue weighted by Gasteiger charge is 2.66. The number of ether oxygens (including phenoxy) is 1. The molecule has 0 saturated heterocycles. The van der Waals surface area contributed by atoms with Gasteiger partial charge in [0, 0.05) is 12.3 Å². The zero-order valence-electron chi connectivity index (χ0n) is 10.5. The molecule has 0 radical (unpaired) electrons. The van der Waals surface area contributed by atoms with Gasteiger partial charge in [-0.05, 0) is 24.2 Å². The Balaban J connectivity index is 2.20. The topological polar surface area (TPSA) is 43.4 Å². The molecule has 2 aliphatic rings. The van der Waals surface area contributed by atoms with Gasteiger partial charge >= 0.3 is 5.97 Å². The number of carbonyl (C=O) groups excluding carboxylic acids is 2. The summed E-state index contributed by atoms with van der Waals surface area (Å²) in [7, 11) is 0. The molecule has 0 N–H and O–H groups in total. The molecule has 0 unspecified atom stereocenters. The minimum atomic E-state index is -0.293. The van der Waals surface area contributed by atoms with Crippen LogP contribution < -0.4 is 0 Å². The molecule has 0 amide bonds. The van der Waals surface area contributed by atoms with Gasteiger partial charge in [0.05, 0.1) is 5.92 Å². The van der Waals surface area contributed by atoms with Crippen LogP contribution in [0.5, 0.6) is 0 Å². The van der Waals surface area contributed by atoms with E-state index in [0.29, 0.717) is 11.7 Å². The van der Waals surface area contributed by atoms with Crippen LogP contribution in [0.4, 0.5) is 0 Å². The van der Waals surface area contributed by atoms with Crippen LogP contribution in [0.1, 0.15) is 40.5 Å². The van der Waals surface area contributed by atoms with E-state index in [1.54, 1.807) is 0 Å². The highest BCUT2D eigenvalue weighted by molar-refractivity contribution is 5.91. The first-order valence-electron chi connectivity index (χ1n) is 5.98. The van der Waals surface area contributed by atoms with Crippen molar-refractivity contribution < 1.29 is 14.3 Å². The fourth-order valence-electron chi connectivity index (χ4n) is 3.67. The molecule has 3 heteroatoms. The van der Waals surface area contributed by atoms with E-state index in [4.69, 9.17) is 4.74 Å². The zero-order valence-corrected chi connectivity index (χ0v) is 10.5. The van der Waals surface area contributed by atoms with Gasteiger partial charge in [-0.15, -0.1) is 0 Å². The zero-order chi connectivity index (χ0) is 12.1. The van der Waals surface area contributed by atoms with Crippen molar-refractivity contribution in [3.63, 3.8) is 0 Å². The Hall–Kier alpha value is -0.860. The fourth-order valence-corrected chi connectivity index (χ4v) is 3.67. The summed E-state index contributed by atoms with van der Waals surface area (Å²) in [6, 6.07) is 0. The first-order valence-corrected chi connectivity index (χ1v) is 5.98. The van der Waals surface area contributed by atoms with Crippen molar-refractivity contribution >= 4 is 11.8 Å². The van der Waals surface area contributed by atoms with Crippen molar-refractivity contribution in [2.75, 3.05) is 6.61 Å². The monoisotopic (exact) mass is 224 g/mol. The summed E-state index contributed by atoms with van der Waals surface area (Å²) < 4.78 is 5.03. The van der Waals surface area contributed by atoms with Crippen molar-refractivity contribution in [2.45, 2.75) is 40.5 Å². The minimum absolute atomic E-state index is 0.0505. The van der Waals surface area contributed by atoms with Crippen LogP contribution >= 0.6 is 0 Å². The lowest BCUT2D eigenvalue weighted by molar-refractivity contribution is -0.145. The molecule has 0 aromatic carbocycles. The second-order valence-electron chi connectivity index (χ2n) is 5.97. The maximum absolute atomic E-state index is 12.3. The standard InChI is InChI=1S/C13H20O3/c1-8(14)16-7-9-10-5-6-13(4,11(9)15)12(10,2)3/h9-10H,5-7H2,1-4H3/t9-,10+,13+/m0/s1. The smallest absolute Gasteiger partial charge is 0.302 e. The van der Waals surface area contributed by atoms with Gasteiger partial charge in [0.15, 0.2) is 0 Å². The molecule has 2 rings (SSSR count). The molecule has 2 bridgehead atoms. The van der Waals surface area contributed by atoms with Crippen LogP contribution in [-0.4, -0.2) is 18.4 Å². The predicted octanol–water partition coefficient (Wildman–Crippen LogP) is 2.19. The lowest BCUT2D eigenvalue weighted by Crippen LogP contribution is -2.34. The molecule has 2 fully saturated rings. The SMILES string of the molecule is CC(=O)OC[C@@H]1C(=O)[C@@]2(C)CC[C@H]1C2(C)C. The van der Waals surface area contributed by atoms with Crippen LogP contribution in [0.2, 0.25) is 0 Å². The van der Waals surface area contributed by atoms with Gasteiger partial charge in [-0.2, -0.15) is 0 Å². The summed E-state index contributed by atoms with van der Waals surface area (Å²) in [5.41, 5.74) is -0.155. The van der Waals surface area contributed by atoms with Crippen LogP contribution in [0.25, 0.3) is 0 Å². The number of ketones is 1. The van der Waals surface area contributed by atoms with Gasteiger partial charge in [-0.1, -0.05) is 20.8 Å². The fraction of sp³-hybridized carbons (Fsp3) is 0.846. The molecule has 2 saturated carbocycles. The molecule has 2 aliphatic carbocycles. The highest BCUT2D eigenvalue weighted by atomic mass is 16.5. The Labute approximate surface area is 96.5 Å². The Morgan fingerprint density at radius 2 is 2.06 bits per heavy atom. The van der Waals surface area contributed by atoms with E-state index in [-0.39, 0.29) is 29.3 Å². The normalized spacial score (nSPS) is 40.1. The molecule has 16 heavy (non-hydrogen) atoms. The van der Waals surface area contributed by atoms with E-state index in [1.165, 1.54) is 6.92 Å². The summed E-state index contributed by atoms with van der Waals surface area (Å²) in [4.78, 5) is 23.1. The molecule has 0 heterocycles. The molecular weight excluding hydrogens is 204 g/mol. The number of hydrogen-bond donors (Lipinski definition) is 0. The second kappa shape index (κ2) is 3.31. The summed E-state index contributed by atoms with van der Waals surface area (Å²) in [6.45, 7) is 8.10. The average Bonchev–Trinajstić information content (AvgIpc) is 2.47. The number of hydrogen-bond acceptors (Lipinski definition) is 3. The number of carbonyl (C=O) groups is 2. The summed E-state index contributed by atoms with van der Waals surface area (Å²) in [5.74, 6) is 0.315. The van der Waals surface area contributed by atoms with Crippen molar-refractivity contribution in [3.05, 3.63) is 0 Å². The first-order chi connectivity index (χ1) is 7.30. The maximum atomic E-state index is 12.3. The Kier molecular flexibility index (Phi) is 2.41. The number of esters is 1. The van der Waals surface area contributed by atoms with Crippen molar-refractivity contribution in [2.24, 2.45) is 22.7 Å². The van der Waals surface area contributed by atoms with Crippen LogP contribution in [0, 0.1) is 22.7 Å². The Morgan fingerprint density at radius 1 is 1.44 bits per heavy atom. The summed E-state index contributed by atoms with van der Waals surface area (Å²) in [5, 5.41) is 0. The quantitative estimate of drug-likeness (QED) is 0.675. The average molecular weight is 224 g/mol. The third-order valence-corrected chi connectivity index (χ3v) is 5.14. The van der Waals surface area contributed by atoms with Gasteiger partial charge < -0.3 is 4.74 Å². The third-order valence-electron chi connectivity index (χ3n) is 5.14.